The molecule has 1 amide bonds. The Hall–Kier alpha value is -3.41. The first-order chi connectivity index (χ1) is 18.2. The zero-order valence-corrected chi connectivity index (χ0v) is 22.5. The number of nitrogens with zero attached hydrogens (tertiary/aromatic N) is 4. The van der Waals surface area contributed by atoms with Crippen LogP contribution in [0.5, 0.6) is 0 Å². The van der Waals surface area contributed by atoms with E-state index in [9.17, 15) is 18.0 Å². The molecule has 1 aliphatic carbocycles. The maximum Gasteiger partial charge on any atom is 0.337 e. The van der Waals surface area contributed by atoms with Crippen LogP contribution in [0.15, 0.2) is 59.9 Å². The average Bonchev–Trinajstić information content (AvgIpc) is 3.38. The first-order valence-corrected chi connectivity index (χ1v) is 14.0. The number of sulfonamides is 1. The van der Waals surface area contributed by atoms with Crippen molar-refractivity contribution in [2.45, 2.75) is 42.7 Å². The highest BCUT2D eigenvalue weighted by Gasteiger charge is 2.36. The number of carbonyl (C=O) groups is 2. The van der Waals surface area contributed by atoms with Crippen molar-refractivity contribution in [1.29, 1.82) is 0 Å². The van der Waals surface area contributed by atoms with Gasteiger partial charge in [-0.1, -0.05) is 34.5 Å². The molecule has 0 saturated carbocycles. The molecule has 198 valence electrons. The van der Waals surface area contributed by atoms with E-state index in [0.29, 0.717) is 11.3 Å². The lowest BCUT2D eigenvalue weighted by atomic mass is 9.86. The number of aromatic nitrogens is 3. The quantitative estimate of drug-likeness (QED) is 0.446. The standard InChI is InChI=1S/C25H23Cl2N5O5S/c1-37-25(34)16-5-7-19-15(11-16)3-2-4-22(19)31-14-17(29-30-31)12-23-24(33)28-9-10-32(23)38(35,36)18-6-8-20(26)21(27)13-18/h5-11,13-14,22-23H,2-4,12H2,1H3,(H,28,33)/t22-,23-/m1/s1. The molecule has 2 aromatic carbocycles. The number of hydrogen-bond donors (Lipinski definition) is 1. The van der Waals surface area contributed by atoms with Gasteiger partial charge < -0.3 is 10.1 Å². The number of amides is 1. The zero-order chi connectivity index (χ0) is 27.0. The van der Waals surface area contributed by atoms with Crippen LogP contribution >= 0.6 is 23.2 Å². The molecule has 1 aromatic heterocycles. The second-order valence-electron chi connectivity index (χ2n) is 8.96. The Bertz CT molecular complexity index is 1560. The van der Waals surface area contributed by atoms with Gasteiger partial charge in [0.1, 0.15) is 6.04 Å². The normalized spacial score (nSPS) is 19.1. The second kappa shape index (κ2) is 10.4. The number of carbonyl (C=O) groups excluding carboxylic acids is 2. The number of ether oxygens (including phenoxy) is 1. The molecule has 0 saturated heterocycles. The number of methoxy groups -OCH3 is 1. The van der Waals surface area contributed by atoms with Crippen LogP contribution in [-0.2, 0) is 32.4 Å². The molecule has 2 heterocycles. The van der Waals surface area contributed by atoms with Crippen LogP contribution in [0.2, 0.25) is 10.0 Å². The minimum absolute atomic E-state index is 0.00240. The van der Waals surface area contributed by atoms with Crippen molar-refractivity contribution in [1.82, 2.24) is 24.6 Å². The second-order valence-corrected chi connectivity index (χ2v) is 11.6. The summed E-state index contributed by atoms with van der Waals surface area (Å²) in [6, 6.07) is 8.25. The van der Waals surface area contributed by atoms with Gasteiger partial charge in [0.05, 0.1) is 39.3 Å². The number of hydrogen-bond acceptors (Lipinski definition) is 7. The fraction of sp³-hybridized carbons (Fsp3) is 0.280. The van der Waals surface area contributed by atoms with Gasteiger partial charge in [0.2, 0.25) is 5.91 Å². The monoisotopic (exact) mass is 575 g/mol. The number of benzene rings is 2. The van der Waals surface area contributed by atoms with E-state index in [-0.39, 0.29) is 27.4 Å². The number of halogens is 2. The van der Waals surface area contributed by atoms with E-state index in [1.807, 2.05) is 12.1 Å². The van der Waals surface area contributed by atoms with Gasteiger partial charge in [0.25, 0.3) is 10.0 Å². The van der Waals surface area contributed by atoms with E-state index >= 15 is 0 Å². The number of fused-ring (bicyclic) bond motifs is 1. The molecule has 10 nitrogen and oxygen atoms in total. The predicted octanol–water partition coefficient (Wildman–Crippen LogP) is 3.50. The maximum absolute atomic E-state index is 13.4. The van der Waals surface area contributed by atoms with Gasteiger partial charge in [-0.2, -0.15) is 0 Å². The highest BCUT2D eigenvalue weighted by Crippen LogP contribution is 2.34. The zero-order valence-electron chi connectivity index (χ0n) is 20.2. The van der Waals surface area contributed by atoms with Crippen LogP contribution in [0.1, 0.15) is 46.1 Å². The highest BCUT2D eigenvalue weighted by molar-refractivity contribution is 7.89. The molecule has 0 bridgehead atoms. The van der Waals surface area contributed by atoms with Crippen molar-refractivity contribution < 1.29 is 22.7 Å². The van der Waals surface area contributed by atoms with Gasteiger partial charge in [0.15, 0.2) is 0 Å². The summed E-state index contributed by atoms with van der Waals surface area (Å²) >= 11 is 12.0. The summed E-state index contributed by atoms with van der Waals surface area (Å²) in [5, 5.41) is 11.4. The Kier molecular flexibility index (Phi) is 7.17. The summed E-state index contributed by atoms with van der Waals surface area (Å²) in [6.07, 6.45) is 6.83. The number of rotatable bonds is 6. The molecular weight excluding hydrogens is 553 g/mol. The summed E-state index contributed by atoms with van der Waals surface area (Å²) in [5.74, 6) is -0.887. The van der Waals surface area contributed by atoms with Crippen LogP contribution in [0.4, 0.5) is 0 Å². The summed E-state index contributed by atoms with van der Waals surface area (Å²) in [4.78, 5) is 24.6. The number of aryl methyl sites for hydroxylation is 1. The van der Waals surface area contributed by atoms with E-state index in [2.05, 4.69) is 15.6 Å². The van der Waals surface area contributed by atoms with Gasteiger partial charge in [-0.25, -0.2) is 17.9 Å². The Labute approximate surface area is 229 Å². The van der Waals surface area contributed by atoms with Crippen molar-refractivity contribution >= 4 is 45.1 Å². The average molecular weight is 576 g/mol. The van der Waals surface area contributed by atoms with Crippen molar-refractivity contribution in [3.05, 3.63) is 87.4 Å². The fourth-order valence-corrected chi connectivity index (χ4v) is 6.60. The molecular formula is C25H23Cl2N5O5S. The van der Waals surface area contributed by atoms with Crippen LogP contribution in [0, 0.1) is 0 Å². The smallest absolute Gasteiger partial charge is 0.337 e. The summed E-state index contributed by atoms with van der Waals surface area (Å²) in [7, 11) is -2.77. The largest absolute Gasteiger partial charge is 0.465 e. The van der Waals surface area contributed by atoms with Gasteiger partial charge in [-0.3, -0.25) is 9.10 Å². The summed E-state index contributed by atoms with van der Waals surface area (Å²) in [5.41, 5.74) is 3.01. The first-order valence-electron chi connectivity index (χ1n) is 11.8. The van der Waals surface area contributed by atoms with E-state index in [0.717, 1.165) is 34.7 Å². The molecule has 1 N–H and O–H groups in total. The first kappa shape index (κ1) is 26.2. The Morgan fingerprint density at radius 3 is 2.76 bits per heavy atom. The van der Waals surface area contributed by atoms with Crippen LogP contribution in [0.25, 0.3) is 0 Å². The topological polar surface area (TPSA) is 123 Å². The maximum atomic E-state index is 13.4. The van der Waals surface area contributed by atoms with Crippen molar-refractivity contribution in [2.75, 3.05) is 7.11 Å². The minimum atomic E-state index is -4.12. The minimum Gasteiger partial charge on any atom is -0.465 e. The summed E-state index contributed by atoms with van der Waals surface area (Å²) < 4.78 is 34.4. The predicted molar refractivity (Wildman–Crippen MR) is 139 cm³/mol. The fourth-order valence-electron chi connectivity index (χ4n) is 4.76. The Morgan fingerprint density at radius 2 is 2.00 bits per heavy atom. The lowest BCUT2D eigenvalue weighted by molar-refractivity contribution is -0.124. The molecule has 2 atom stereocenters. The molecule has 0 fully saturated rings. The van der Waals surface area contributed by atoms with Gasteiger partial charge in [0, 0.05) is 25.0 Å². The van der Waals surface area contributed by atoms with E-state index in [1.165, 1.54) is 37.7 Å². The van der Waals surface area contributed by atoms with Crippen LogP contribution < -0.4 is 5.32 Å². The third kappa shape index (κ3) is 4.89. The SMILES string of the molecule is COC(=O)c1ccc2c(c1)CCC[C@H]2n1cc(C[C@@H]2C(=O)NC=CN2S(=O)(=O)c2ccc(Cl)c(Cl)c2)nn1. The summed E-state index contributed by atoms with van der Waals surface area (Å²) in [6.45, 7) is 0. The lowest BCUT2D eigenvalue weighted by Crippen LogP contribution is -2.50. The third-order valence-electron chi connectivity index (χ3n) is 6.65. The van der Waals surface area contributed by atoms with Crippen LogP contribution in [0.3, 0.4) is 0 Å². The molecule has 3 aromatic rings. The Balaban J connectivity index is 1.41. The van der Waals surface area contributed by atoms with Gasteiger partial charge in [-0.15, -0.1) is 5.10 Å². The molecule has 2 aliphatic rings. The van der Waals surface area contributed by atoms with Crippen molar-refractivity contribution in [3.8, 4) is 0 Å². The molecule has 5 rings (SSSR count). The van der Waals surface area contributed by atoms with Crippen LogP contribution in [-0.4, -0.2) is 52.7 Å². The molecule has 1 aliphatic heterocycles. The Morgan fingerprint density at radius 1 is 1.18 bits per heavy atom. The van der Waals surface area contributed by atoms with E-state index < -0.39 is 27.9 Å². The van der Waals surface area contributed by atoms with Gasteiger partial charge >= 0.3 is 5.97 Å². The third-order valence-corrected chi connectivity index (χ3v) is 9.17. The highest BCUT2D eigenvalue weighted by atomic mass is 35.5. The molecule has 13 heteroatoms. The van der Waals surface area contributed by atoms with Crippen molar-refractivity contribution in [3.63, 3.8) is 0 Å². The van der Waals surface area contributed by atoms with Crippen molar-refractivity contribution in [2.24, 2.45) is 0 Å². The van der Waals surface area contributed by atoms with E-state index in [4.69, 9.17) is 27.9 Å². The van der Waals surface area contributed by atoms with Gasteiger partial charge in [-0.05, 0) is 60.7 Å². The lowest BCUT2D eigenvalue weighted by Gasteiger charge is -2.31. The molecule has 38 heavy (non-hydrogen) atoms. The number of esters is 1. The molecule has 0 spiro atoms. The number of nitrogens with one attached hydrogen (secondary N) is 1. The molecule has 0 radical (unpaired) electrons. The van der Waals surface area contributed by atoms with E-state index in [1.54, 1.807) is 16.9 Å². The molecule has 0 unspecified atom stereocenters.